The van der Waals surface area contributed by atoms with Gasteiger partial charge in [-0.2, -0.15) is 5.26 Å². The minimum Gasteiger partial charge on any atom is -0.478 e. The predicted octanol–water partition coefficient (Wildman–Crippen LogP) is 4.29. The number of para-hydroxylation sites is 1. The summed E-state index contributed by atoms with van der Waals surface area (Å²) < 4.78 is 5.82. The third-order valence-corrected chi connectivity index (χ3v) is 5.38. The number of hydrogen-bond donors (Lipinski definition) is 1. The van der Waals surface area contributed by atoms with E-state index in [1.165, 1.54) is 16.2 Å². The van der Waals surface area contributed by atoms with Crippen LogP contribution in [0.5, 0.6) is 5.75 Å². The van der Waals surface area contributed by atoms with Crippen LogP contribution in [-0.4, -0.2) is 11.5 Å². The molecule has 4 nitrogen and oxygen atoms in total. The van der Waals surface area contributed by atoms with Crippen LogP contribution in [0, 0.1) is 11.3 Å². The Hall–Kier alpha value is -2.32. The third kappa shape index (κ3) is 3.29. The molecule has 5 heteroatoms. The van der Waals surface area contributed by atoms with E-state index in [9.17, 15) is 10.1 Å². The van der Waals surface area contributed by atoms with Crippen LogP contribution in [0.1, 0.15) is 42.7 Å². The number of rotatable bonds is 4. The van der Waals surface area contributed by atoms with E-state index in [0.29, 0.717) is 16.3 Å². The van der Waals surface area contributed by atoms with Crippen molar-refractivity contribution in [3.05, 3.63) is 46.3 Å². The highest BCUT2D eigenvalue weighted by Gasteiger charge is 2.32. The highest BCUT2D eigenvalue weighted by atomic mass is 32.1. The fourth-order valence-electron chi connectivity index (χ4n) is 2.86. The average Bonchev–Trinajstić information content (AvgIpc) is 2.92. The van der Waals surface area contributed by atoms with Crippen molar-refractivity contribution in [2.75, 3.05) is 5.32 Å². The molecule has 2 aromatic rings. The third-order valence-electron chi connectivity index (χ3n) is 4.17. The van der Waals surface area contributed by atoms with Gasteiger partial charge in [-0.25, -0.2) is 0 Å². The quantitative estimate of drug-likeness (QED) is 0.903. The number of thiophene rings is 1. The first-order valence-corrected chi connectivity index (χ1v) is 8.93. The van der Waals surface area contributed by atoms with Gasteiger partial charge in [0, 0.05) is 4.88 Å². The van der Waals surface area contributed by atoms with Crippen LogP contribution in [0.25, 0.3) is 0 Å². The van der Waals surface area contributed by atoms with Crippen LogP contribution in [-0.2, 0) is 17.6 Å². The van der Waals surface area contributed by atoms with Gasteiger partial charge in [0.2, 0.25) is 0 Å². The number of ether oxygens (including phenoxy) is 1. The van der Waals surface area contributed by atoms with Crippen molar-refractivity contribution in [3.8, 4) is 11.8 Å². The molecule has 1 heterocycles. The number of fused-ring (bicyclic) bond motifs is 1. The van der Waals surface area contributed by atoms with Gasteiger partial charge in [-0.15, -0.1) is 11.3 Å². The molecule has 0 radical (unpaired) electrons. The van der Waals surface area contributed by atoms with E-state index in [0.717, 1.165) is 31.2 Å². The monoisotopic (exact) mass is 340 g/mol. The predicted molar refractivity (Wildman–Crippen MR) is 95.5 cm³/mol. The van der Waals surface area contributed by atoms with Gasteiger partial charge in [0.05, 0.1) is 5.56 Å². The Morgan fingerprint density at radius 2 is 1.96 bits per heavy atom. The van der Waals surface area contributed by atoms with Crippen LogP contribution in [0.15, 0.2) is 30.3 Å². The molecule has 1 aromatic heterocycles. The lowest BCUT2D eigenvalue weighted by molar-refractivity contribution is -0.128. The largest absolute Gasteiger partial charge is 0.478 e. The number of carbonyl (C=O) groups excluding carboxylic acids is 1. The molecular weight excluding hydrogens is 320 g/mol. The highest BCUT2D eigenvalue weighted by Crippen LogP contribution is 2.38. The van der Waals surface area contributed by atoms with E-state index >= 15 is 0 Å². The Morgan fingerprint density at radius 1 is 1.25 bits per heavy atom. The summed E-state index contributed by atoms with van der Waals surface area (Å²) in [5, 5.41) is 13.1. The summed E-state index contributed by atoms with van der Waals surface area (Å²) in [4.78, 5) is 13.9. The molecular formula is C19H20N2O2S. The molecule has 0 bridgehead atoms. The van der Waals surface area contributed by atoms with Gasteiger partial charge in [-0.05, 0) is 57.2 Å². The van der Waals surface area contributed by atoms with Crippen molar-refractivity contribution in [1.82, 2.24) is 0 Å². The van der Waals surface area contributed by atoms with Crippen LogP contribution in [0.4, 0.5) is 5.00 Å². The van der Waals surface area contributed by atoms with Gasteiger partial charge in [-0.3, -0.25) is 4.79 Å². The van der Waals surface area contributed by atoms with Crippen LogP contribution >= 0.6 is 11.3 Å². The SMILES string of the molecule is CC(C)(Oc1ccccc1)C(=O)Nc1sc2c(c1C#N)CCCC2. The maximum Gasteiger partial charge on any atom is 0.268 e. The molecule has 1 amide bonds. The van der Waals surface area contributed by atoms with E-state index in [-0.39, 0.29) is 5.91 Å². The zero-order chi connectivity index (χ0) is 17.2. The average molecular weight is 340 g/mol. The zero-order valence-corrected chi connectivity index (χ0v) is 14.7. The fraction of sp³-hybridized carbons (Fsp3) is 0.368. The zero-order valence-electron chi connectivity index (χ0n) is 13.9. The molecule has 3 rings (SSSR count). The molecule has 1 aliphatic rings. The van der Waals surface area contributed by atoms with Gasteiger partial charge in [0.25, 0.3) is 5.91 Å². The molecule has 0 aliphatic heterocycles. The number of anilines is 1. The highest BCUT2D eigenvalue weighted by molar-refractivity contribution is 7.16. The van der Waals surface area contributed by atoms with Crippen molar-refractivity contribution >= 4 is 22.2 Å². The van der Waals surface area contributed by atoms with E-state index in [1.54, 1.807) is 13.8 Å². The van der Waals surface area contributed by atoms with Crippen molar-refractivity contribution in [2.45, 2.75) is 45.1 Å². The van der Waals surface area contributed by atoms with Gasteiger partial charge in [0.1, 0.15) is 16.8 Å². The van der Waals surface area contributed by atoms with Gasteiger partial charge in [-0.1, -0.05) is 18.2 Å². The van der Waals surface area contributed by atoms with Crippen LogP contribution in [0.3, 0.4) is 0 Å². The number of amides is 1. The summed E-state index contributed by atoms with van der Waals surface area (Å²) in [5.41, 5.74) is 0.711. The fourth-order valence-corrected chi connectivity index (χ4v) is 4.09. The summed E-state index contributed by atoms with van der Waals surface area (Å²) in [6.07, 6.45) is 4.17. The number of aryl methyl sites for hydroxylation is 1. The van der Waals surface area contributed by atoms with E-state index in [2.05, 4.69) is 11.4 Å². The number of nitrogens with one attached hydrogen (secondary N) is 1. The van der Waals surface area contributed by atoms with Crippen molar-refractivity contribution in [3.63, 3.8) is 0 Å². The molecule has 124 valence electrons. The van der Waals surface area contributed by atoms with Crippen molar-refractivity contribution in [2.24, 2.45) is 0 Å². The maximum atomic E-state index is 12.7. The number of hydrogen-bond acceptors (Lipinski definition) is 4. The number of benzene rings is 1. The lowest BCUT2D eigenvalue weighted by atomic mass is 9.96. The Balaban J connectivity index is 1.79. The molecule has 0 saturated carbocycles. The van der Waals surface area contributed by atoms with Crippen LogP contribution in [0.2, 0.25) is 0 Å². The number of nitrogens with zero attached hydrogens (tertiary/aromatic N) is 1. The first-order chi connectivity index (χ1) is 11.5. The summed E-state index contributed by atoms with van der Waals surface area (Å²) in [7, 11) is 0. The molecule has 0 fully saturated rings. The number of carbonyl (C=O) groups is 1. The standard InChI is InChI=1S/C19H20N2O2S/c1-19(2,23-13-8-4-3-5-9-13)18(22)21-17-15(12-20)14-10-6-7-11-16(14)24-17/h3-5,8-9H,6-7,10-11H2,1-2H3,(H,21,22). The molecule has 0 spiro atoms. The Kier molecular flexibility index (Phi) is 4.59. The molecule has 0 unspecified atom stereocenters. The van der Waals surface area contributed by atoms with E-state index in [4.69, 9.17) is 4.74 Å². The van der Waals surface area contributed by atoms with Gasteiger partial charge < -0.3 is 10.1 Å². The van der Waals surface area contributed by atoms with Crippen molar-refractivity contribution in [1.29, 1.82) is 5.26 Å². The van der Waals surface area contributed by atoms with Gasteiger partial charge in [0.15, 0.2) is 5.60 Å². The molecule has 1 N–H and O–H groups in total. The Labute approximate surface area is 146 Å². The summed E-state index contributed by atoms with van der Waals surface area (Å²) in [6, 6.07) is 11.5. The molecule has 0 atom stereocenters. The molecule has 1 aliphatic carbocycles. The lowest BCUT2D eigenvalue weighted by Crippen LogP contribution is -2.42. The summed E-state index contributed by atoms with van der Waals surface area (Å²) >= 11 is 1.53. The van der Waals surface area contributed by atoms with Gasteiger partial charge >= 0.3 is 0 Å². The van der Waals surface area contributed by atoms with E-state index < -0.39 is 5.60 Å². The first-order valence-electron chi connectivity index (χ1n) is 8.11. The topological polar surface area (TPSA) is 62.1 Å². The second-order valence-corrected chi connectivity index (χ2v) is 7.51. The van der Waals surface area contributed by atoms with E-state index in [1.807, 2.05) is 30.3 Å². The smallest absolute Gasteiger partial charge is 0.268 e. The lowest BCUT2D eigenvalue weighted by Gasteiger charge is -2.25. The maximum absolute atomic E-state index is 12.7. The van der Waals surface area contributed by atoms with Crippen LogP contribution < -0.4 is 10.1 Å². The molecule has 0 saturated heterocycles. The normalized spacial score (nSPS) is 13.7. The Bertz CT molecular complexity index is 788. The number of nitriles is 1. The minimum absolute atomic E-state index is 0.249. The Morgan fingerprint density at radius 3 is 2.67 bits per heavy atom. The van der Waals surface area contributed by atoms with Crippen molar-refractivity contribution < 1.29 is 9.53 Å². The summed E-state index contributed by atoms with van der Waals surface area (Å²) in [6.45, 7) is 3.46. The second kappa shape index (κ2) is 6.66. The second-order valence-electron chi connectivity index (χ2n) is 6.41. The molecule has 1 aromatic carbocycles. The minimum atomic E-state index is -1.03. The molecule has 24 heavy (non-hydrogen) atoms. The first kappa shape index (κ1) is 16.5. The summed E-state index contributed by atoms with van der Waals surface area (Å²) in [5.74, 6) is 0.394.